The Morgan fingerprint density at radius 1 is 1.45 bits per heavy atom. The molecule has 1 heterocycles. The van der Waals surface area contributed by atoms with Crippen LogP contribution in [0.2, 0.25) is 0 Å². The molecule has 0 aliphatic carbocycles. The third-order valence-electron chi connectivity index (χ3n) is 0.966. The maximum Gasteiger partial charge on any atom is 0.373 e. The summed E-state index contributed by atoms with van der Waals surface area (Å²) in [6, 6.07) is 0.428. The molecule has 11 heavy (non-hydrogen) atoms. The van der Waals surface area contributed by atoms with Crippen LogP contribution in [-0.4, -0.2) is 20.9 Å². The molecule has 0 atom stereocenters. The number of aromatic nitrogens is 3. The highest BCUT2D eigenvalue weighted by Crippen LogP contribution is 1.96. The fraction of sp³-hybridized carbons (Fsp3) is 0.500. The van der Waals surface area contributed by atoms with E-state index in [9.17, 15) is 0 Å². The zero-order chi connectivity index (χ0) is 8.69. The summed E-state index contributed by atoms with van der Waals surface area (Å²) in [5, 5.41) is 3.92. The molecule has 0 aliphatic rings. The predicted octanol–water partition coefficient (Wildman–Crippen LogP) is 0.275. The molecular weight excluding hydrogens is 146 g/mol. The molecular formula is C6H9N3O2. The second-order valence-corrected chi connectivity index (χ2v) is 2.05. The monoisotopic (exact) mass is 155 g/mol. The zero-order valence-corrected chi connectivity index (χ0v) is 6.39. The van der Waals surface area contributed by atoms with Crippen molar-refractivity contribution >= 4 is 6.15 Å². The summed E-state index contributed by atoms with van der Waals surface area (Å²) in [4.78, 5) is 20.0. The van der Waals surface area contributed by atoms with Gasteiger partial charge in [0.05, 0.1) is 0 Å². The molecule has 0 fully saturated rings. The van der Waals surface area contributed by atoms with Crippen LogP contribution in [-0.2, 0) is 9.59 Å². The van der Waals surface area contributed by atoms with Crippen LogP contribution in [0.1, 0.15) is 19.9 Å². The first kappa shape index (κ1) is 9.52. The quantitative estimate of drug-likeness (QED) is 0.584. The van der Waals surface area contributed by atoms with Gasteiger partial charge in [0.1, 0.15) is 12.7 Å². The van der Waals surface area contributed by atoms with Gasteiger partial charge < -0.3 is 0 Å². The van der Waals surface area contributed by atoms with Crippen molar-refractivity contribution in [3.63, 3.8) is 0 Å². The number of hydrogen-bond donors (Lipinski definition) is 0. The summed E-state index contributed by atoms with van der Waals surface area (Å²) < 4.78 is 1.81. The summed E-state index contributed by atoms with van der Waals surface area (Å²) >= 11 is 0. The number of nitrogens with zero attached hydrogens (tertiary/aromatic N) is 3. The molecule has 1 aromatic rings. The smallest absolute Gasteiger partial charge is 0.250 e. The van der Waals surface area contributed by atoms with Gasteiger partial charge in [0.15, 0.2) is 0 Å². The van der Waals surface area contributed by atoms with Crippen LogP contribution in [0.25, 0.3) is 0 Å². The molecule has 1 aromatic heterocycles. The third kappa shape index (κ3) is 4.00. The highest BCUT2D eigenvalue weighted by molar-refractivity contribution is 5.20. The molecule has 60 valence electrons. The van der Waals surface area contributed by atoms with E-state index >= 15 is 0 Å². The lowest BCUT2D eigenvalue weighted by molar-refractivity contribution is -0.191. The van der Waals surface area contributed by atoms with Crippen molar-refractivity contribution in [3.05, 3.63) is 12.7 Å². The van der Waals surface area contributed by atoms with E-state index in [1.54, 1.807) is 17.3 Å². The summed E-state index contributed by atoms with van der Waals surface area (Å²) in [5.41, 5.74) is 0. The Labute approximate surface area is 64.0 Å². The van der Waals surface area contributed by atoms with Gasteiger partial charge in [-0.25, -0.2) is 4.98 Å². The van der Waals surface area contributed by atoms with Crippen LogP contribution in [0.3, 0.4) is 0 Å². The molecule has 0 radical (unpaired) electrons. The molecule has 0 aromatic carbocycles. The van der Waals surface area contributed by atoms with Gasteiger partial charge in [0.25, 0.3) is 0 Å². The normalized spacial score (nSPS) is 8.27. The fourth-order valence-corrected chi connectivity index (χ4v) is 0.484. The van der Waals surface area contributed by atoms with Crippen LogP contribution in [0.4, 0.5) is 0 Å². The van der Waals surface area contributed by atoms with Gasteiger partial charge in [-0.1, -0.05) is 0 Å². The molecule has 0 bridgehead atoms. The minimum atomic E-state index is 0.250. The summed E-state index contributed by atoms with van der Waals surface area (Å²) in [6.45, 7) is 4.13. The van der Waals surface area contributed by atoms with Crippen molar-refractivity contribution in [2.24, 2.45) is 0 Å². The Bertz CT molecular complexity index is 212. The summed E-state index contributed by atoms with van der Waals surface area (Å²) in [7, 11) is 0. The first-order valence-electron chi connectivity index (χ1n) is 3.05. The average molecular weight is 155 g/mol. The second-order valence-electron chi connectivity index (χ2n) is 2.05. The molecule has 0 N–H and O–H groups in total. The molecule has 0 aliphatic heterocycles. The largest absolute Gasteiger partial charge is 0.373 e. The van der Waals surface area contributed by atoms with E-state index < -0.39 is 0 Å². The van der Waals surface area contributed by atoms with E-state index in [0.717, 1.165) is 0 Å². The van der Waals surface area contributed by atoms with Gasteiger partial charge in [-0.15, -0.1) is 0 Å². The van der Waals surface area contributed by atoms with E-state index in [2.05, 4.69) is 23.9 Å². The van der Waals surface area contributed by atoms with Crippen molar-refractivity contribution in [2.75, 3.05) is 0 Å². The molecule has 0 unspecified atom stereocenters. The molecule has 0 saturated carbocycles. The first-order chi connectivity index (χ1) is 5.22. The number of carbonyl (C=O) groups excluding carboxylic acids is 2. The maximum atomic E-state index is 8.12. The topological polar surface area (TPSA) is 64.8 Å². The van der Waals surface area contributed by atoms with Crippen molar-refractivity contribution < 1.29 is 9.59 Å². The predicted molar refractivity (Wildman–Crippen MR) is 35.4 cm³/mol. The Balaban J connectivity index is 0.000000292. The molecule has 1 rings (SSSR count). The molecule has 5 heteroatoms. The van der Waals surface area contributed by atoms with Crippen LogP contribution in [0.5, 0.6) is 0 Å². The minimum absolute atomic E-state index is 0.250. The summed E-state index contributed by atoms with van der Waals surface area (Å²) in [6.07, 6.45) is 3.50. The van der Waals surface area contributed by atoms with Crippen LogP contribution in [0.15, 0.2) is 12.7 Å². The van der Waals surface area contributed by atoms with Gasteiger partial charge in [-0.05, 0) is 13.8 Å². The lowest BCUT2D eigenvalue weighted by Gasteiger charge is -2.00. The van der Waals surface area contributed by atoms with Crippen molar-refractivity contribution in [3.8, 4) is 0 Å². The Hall–Kier alpha value is -1.48. The number of rotatable bonds is 1. The van der Waals surface area contributed by atoms with Crippen molar-refractivity contribution in [1.29, 1.82) is 0 Å². The van der Waals surface area contributed by atoms with E-state index in [4.69, 9.17) is 9.59 Å². The Morgan fingerprint density at radius 2 is 2.00 bits per heavy atom. The maximum absolute atomic E-state index is 8.12. The molecule has 0 amide bonds. The highest BCUT2D eigenvalue weighted by atomic mass is 16.2. The Kier molecular flexibility index (Phi) is 4.60. The molecule has 0 saturated heterocycles. The average Bonchev–Trinajstić information content (AvgIpc) is 2.38. The lowest BCUT2D eigenvalue weighted by Crippen LogP contribution is -1.99. The second kappa shape index (κ2) is 5.32. The minimum Gasteiger partial charge on any atom is -0.250 e. The van der Waals surface area contributed by atoms with Crippen molar-refractivity contribution in [2.45, 2.75) is 19.9 Å². The van der Waals surface area contributed by atoms with Gasteiger partial charge in [0, 0.05) is 6.04 Å². The zero-order valence-electron chi connectivity index (χ0n) is 6.39. The van der Waals surface area contributed by atoms with E-state index in [1.165, 1.54) is 0 Å². The number of hydrogen-bond acceptors (Lipinski definition) is 4. The SMILES string of the molecule is CC(C)n1cncn1.O=C=O. The van der Waals surface area contributed by atoms with Gasteiger partial charge >= 0.3 is 6.15 Å². The first-order valence-corrected chi connectivity index (χ1v) is 3.05. The van der Waals surface area contributed by atoms with Crippen LogP contribution >= 0.6 is 0 Å². The lowest BCUT2D eigenvalue weighted by atomic mass is 10.4. The van der Waals surface area contributed by atoms with Crippen LogP contribution in [0, 0.1) is 0 Å². The van der Waals surface area contributed by atoms with E-state index in [-0.39, 0.29) is 6.15 Å². The van der Waals surface area contributed by atoms with Gasteiger partial charge in [-0.3, -0.25) is 4.68 Å². The standard InChI is InChI=1S/C5H9N3.CO2/c1-5(2)8-4-6-3-7-8;2-1-3/h3-5H,1-2H3;. The fourth-order valence-electron chi connectivity index (χ4n) is 0.484. The third-order valence-corrected chi connectivity index (χ3v) is 0.966. The van der Waals surface area contributed by atoms with Gasteiger partial charge in [0.2, 0.25) is 0 Å². The highest BCUT2D eigenvalue weighted by Gasteiger charge is 1.92. The Morgan fingerprint density at radius 3 is 2.18 bits per heavy atom. The van der Waals surface area contributed by atoms with E-state index in [1.807, 2.05) is 0 Å². The summed E-state index contributed by atoms with van der Waals surface area (Å²) in [5.74, 6) is 0. The molecule has 0 spiro atoms. The van der Waals surface area contributed by atoms with Crippen LogP contribution < -0.4 is 0 Å². The van der Waals surface area contributed by atoms with Gasteiger partial charge in [-0.2, -0.15) is 14.7 Å². The van der Waals surface area contributed by atoms with E-state index in [0.29, 0.717) is 6.04 Å². The van der Waals surface area contributed by atoms with Crippen molar-refractivity contribution in [1.82, 2.24) is 14.8 Å². The molecule has 5 nitrogen and oxygen atoms in total.